The van der Waals surface area contributed by atoms with Crippen molar-refractivity contribution in [2.75, 3.05) is 62.7 Å². The maximum absolute atomic E-state index is 14.4. The number of hydrogen-bond acceptors (Lipinski definition) is 9. The van der Waals surface area contributed by atoms with E-state index in [-0.39, 0.29) is 49.9 Å². The number of halogens is 1. The van der Waals surface area contributed by atoms with E-state index < -0.39 is 34.9 Å². The van der Waals surface area contributed by atoms with E-state index in [0.29, 0.717) is 30.0 Å². The number of hydrogen-bond donors (Lipinski definition) is 1. The number of rotatable bonds is 8. The Labute approximate surface area is 295 Å². The fourth-order valence-electron chi connectivity index (χ4n) is 5.92. The molecule has 3 amide bonds. The van der Waals surface area contributed by atoms with Gasteiger partial charge in [0, 0.05) is 52.0 Å². The van der Waals surface area contributed by atoms with Crippen molar-refractivity contribution in [1.82, 2.24) is 24.5 Å². The molecule has 268 valence electrons. The number of carbonyl (C=O) groups excluding carboxylic acids is 3. The molecule has 0 aliphatic carbocycles. The van der Waals surface area contributed by atoms with E-state index in [1.165, 1.54) is 26.3 Å². The van der Waals surface area contributed by atoms with E-state index >= 15 is 0 Å². The quantitative estimate of drug-likeness (QED) is 0.293. The van der Waals surface area contributed by atoms with Gasteiger partial charge in [0.25, 0.3) is 5.91 Å². The second-order valence-electron chi connectivity index (χ2n) is 13.7. The van der Waals surface area contributed by atoms with Crippen molar-refractivity contribution in [3.05, 3.63) is 99.9 Å². The second kappa shape index (κ2) is 14.8. The summed E-state index contributed by atoms with van der Waals surface area (Å²) in [5, 5.41) is 2.77. The second-order valence-corrected chi connectivity index (χ2v) is 13.7. The molecule has 6 rings (SSSR count). The van der Waals surface area contributed by atoms with Crippen LogP contribution in [0.15, 0.2) is 71.7 Å². The molecule has 2 aromatic carbocycles. The zero-order chi connectivity index (χ0) is 36.3. The van der Waals surface area contributed by atoms with Crippen LogP contribution in [0.1, 0.15) is 42.4 Å². The molecule has 2 saturated heterocycles. The Kier molecular flexibility index (Phi) is 10.2. The third-order valence-corrected chi connectivity index (χ3v) is 8.69. The maximum atomic E-state index is 14.4. The van der Waals surface area contributed by atoms with Crippen molar-refractivity contribution in [1.29, 1.82) is 0 Å². The number of nitrogens with one attached hydrogen (secondary N) is 1. The molecule has 2 aliphatic rings. The lowest BCUT2D eigenvalue weighted by Gasteiger charge is -2.37. The minimum absolute atomic E-state index is 0.00180. The summed E-state index contributed by atoms with van der Waals surface area (Å²) < 4.78 is 26.4. The SMILES string of the molecule is CN1CCN(c2cc(N3CCN(C(=O)OC(C)(C)C)CC3=O)c3nc(C(=O)NCc4ccc(F)cc4)c(OCc4ccccc4)c(=O)n3c2)CC1. The molecule has 0 saturated carbocycles. The predicted molar refractivity (Wildman–Crippen MR) is 190 cm³/mol. The first-order chi connectivity index (χ1) is 24.4. The summed E-state index contributed by atoms with van der Waals surface area (Å²) in [5.41, 5.74) is 0.893. The molecule has 2 aliphatic heterocycles. The number of anilines is 2. The average molecular weight is 700 g/mol. The highest BCUT2D eigenvalue weighted by molar-refractivity contribution is 6.01. The van der Waals surface area contributed by atoms with Gasteiger partial charge in [-0.05, 0) is 57.1 Å². The lowest BCUT2D eigenvalue weighted by molar-refractivity contribution is -0.121. The van der Waals surface area contributed by atoms with Gasteiger partial charge < -0.3 is 29.5 Å². The number of amides is 3. The Bertz CT molecular complexity index is 1970. The first-order valence-corrected chi connectivity index (χ1v) is 16.9. The van der Waals surface area contributed by atoms with Crippen molar-refractivity contribution < 1.29 is 28.2 Å². The van der Waals surface area contributed by atoms with Crippen LogP contribution in [0.3, 0.4) is 0 Å². The molecule has 14 heteroatoms. The molecule has 0 atom stereocenters. The highest BCUT2D eigenvalue weighted by atomic mass is 19.1. The van der Waals surface area contributed by atoms with E-state index in [4.69, 9.17) is 14.5 Å². The predicted octanol–water partition coefficient (Wildman–Crippen LogP) is 3.68. The number of aromatic nitrogens is 2. The molecule has 4 aromatic rings. The van der Waals surface area contributed by atoms with Crippen LogP contribution in [0, 0.1) is 5.82 Å². The van der Waals surface area contributed by atoms with Crippen LogP contribution in [0.5, 0.6) is 5.75 Å². The van der Waals surface area contributed by atoms with Gasteiger partial charge in [-0.25, -0.2) is 14.2 Å². The smallest absolute Gasteiger partial charge is 0.410 e. The number of ether oxygens (including phenoxy) is 2. The zero-order valence-corrected chi connectivity index (χ0v) is 29.2. The molecule has 2 aromatic heterocycles. The number of carbonyl (C=O) groups is 3. The number of likely N-dealkylation sites (N-methyl/N-ethyl adjacent to an activating group) is 1. The largest absolute Gasteiger partial charge is 0.481 e. The lowest BCUT2D eigenvalue weighted by atomic mass is 10.2. The number of fused-ring (bicyclic) bond motifs is 1. The van der Waals surface area contributed by atoms with Gasteiger partial charge in [0.2, 0.25) is 11.7 Å². The van der Waals surface area contributed by atoms with E-state index in [0.717, 1.165) is 18.7 Å². The summed E-state index contributed by atoms with van der Waals surface area (Å²) in [5.74, 6) is -1.74. The Morgan fingerprint density at radius 1 is 0.922 bits per heavy atom. The average Bonchev–Trinajstić information content (AvgIpc) is 3.10. The van der Waals surface area contributed by atoms with Crippen LogP contribution in [0.2, 0.25) is 0 Å². The van der Waals surface area contributed by atoms with Gasteiger partial charge in [-0.2, -0.15) is 0 Å². The third kappa shape index (κ3) is 8.28. The first kappa shape index (κ1) is 35.3. The molecule has 0 radical (unpaired) electrons. The first-order valence-electron chi connectivity index (χ1n) is 16.9. The summed E-state index contributed by atoms with van der Waals surface area (Å²) in [6.07, 6.45) is 1.07. The van der Waals surface area contributed by atoms with Crippen molar-refractivity contribution in [3.8, 4) is 5.75 Å². The van der Waals surface area contributed by atoms with Crippen LogP contribution in [-0.2, 0) is 22.7 Å². The van der Waals surface area contributed by atoms with Crippen LogP contribution < -0.4 is 25.4 Å². The van der Waals surface area contributed by atoms with Crippen molar-refractivity contribution in [3.63, 3.8) is 0 Å². The van der Waals surface area contributed by atoms with Crippen LogP contribution in [-0.4, -0.2) is 95.6 Å². The number of nitrogens with zero attached hydrogens (tertiary/aromatic N) is 6. The molecular weight excluding hydrogens is 657 g/mol. The van der Waals surface area contributed by atoms with E-state index in [1.54, 1.807) is 45.2 Å². The molecule has 0 unspecified atom stereocenters. The molecule has 0 spiro atoms. The van der Waals surface area contributed by atoms with Crippen LogP contribution in [0.4, 0.5) is 20.6 Å². The summed E-state index contributed by atoms with van der Waals surface area (Å²) >= 11 is 0. The Balaban J connectivity index is 1.43. The van der Waals surface area contributed by atoms with Gasteiger partial charge in [-0.1, -0.05) is 42.5 Å². The van der Waals surface area contributed by atoms with Gasteiger partial charge in [-0.15, -0.1) is 0 Å². The van der Waals surface area contributed by atoms with Gasteiger partial charge in [0.1, 0.15) is 24.6 Å². The van der Waals surface area contributed by atoms with Crippen LogP contribution in [0.25, 0.3) is 5.65 Å². The fraction of sp³-hybridized carbons (Fsp3) is 0.378. The number of piperazine rings is 2. The lowest BCUT2D eigenvalue weighted by Crippen LogP contribution is -2.53. The van der Waals surface area contributed by atoms with Crippen molar-refractivity contribution in [2.24, 2.45) is 0 Å². The van der Waals surface area contributed by atoms with Gasteiger partial charge in [0.15, 0.2) is 11.3 Å². The zero-order valence-electron chi connectivity index (χ0n) is 29.2. The molecule has 0 bridgehead atoms. The standard InChI is InChI=1S/C37H42FN7O6/c1-37(2,3)51-36(49)43-18-19-44(30(46)23-43)29-20-28(42-16-14-41(4)15-17-42)22-45-33(29)40-31(34(47)39-21-25-10-12-27(38)13-11-25)32(35(45)48)50-24-26-8-6-5-7-9-26/h5-13,20,22H,14-19,21,23-24H2,1-4H3,(H,39,47). The highest BCUT2D eigenvalue weighted by Crippen LogP contribution is 2.30. The van der Waals surface area contributed by atoms with E-state index in [9.17, 15) is 23.6 Å². The monoisotopic (exact) mass is 699 g/mol. The summed E-state index contributed by atoms with van der Waals surface area (Å²) in [4.78, 5) is 66.8. The van der Waals surface area contributed by atoms with E-state index in [2.05, 4.69) is 15.1 Å². The molecule has 4 heterocycles. The van der Waals surface area contributed by atoms with E-state index in [1.807, 2.05) is 37.4 Å². The maximum Gasteiger partial charge on any atom is 0.410 e. The summed E-state index contributed by atoms with van der Waals surface area (Å²) in [6.45, 7) is 8.32. The minimum Gasteiger partial charge on any atom is -0.481 e. The van der Waals surface area contributed by atoms with Gasteiger partial charge >= 0.3 is 11.7 Å². The van der Waals surface area contributed by atoms with Gasteiger partial charge in [-0.3, -0.25) is 23.7 Å². The molecule has 13 nitrogen and oxygen atoms in total. The topological polar surface area (TPSA) is 129 Å². The summed E-state index contributed by atoms with van der Waals surface area (Å²) in [6, 6.07) is 16.7. The fourth-order valence-corrected chi connectivity index (χ4v) is 5.92. The molecular formula is C37H42FN7O6. The van der Waals surface area contributed by atoms with Crippen LogP contribution >= 0.6 is 0 Å². The Morgan fingerprint density at radius 2 is 1.63 bits per heavy atom. The minimum atomic E-state index is -0.733. The molecule has 2 fully saturated rings. The highest BCUT2D eigenvalue weighted by Gasteiger charge is 2.34. The third-order valence-electron chi connectivity index (χ3n) is 8.69. The van der Waals surface area contributed by atoms with Crippen molar-refractivity contribution in [2.45, 2.75) is 39.5 Å². The summed E-state index contributed by atoms with van der Waals surface area (Å²) in [7, 11) is 2.04. The Hall–Kier alpha value is -5.50. The normalized spacial score (nSPS) is 15.6. The van der Waals surface area contributed by atoms with Gasteiger partial charge in [0.05, 0.1) is 11.4 Å². The number of benzene rings is 2. The Morgan fingerprint density at radius 3 is 2.29 bits per heavy atom. The molecule has 1 N–H and O–H groups in total. The number of pyridine rings is 1. The van der Waals surface area contributed by atoms with Crippen molar-refractivity contribution >= 4 is 34.9 Å². The molecule has 51 heavy (non-hydrogen) atoms.